The SMILES string of the molecule is C=CI.CC(I)c1ccccc1Oc1ccccc1C(C)I. The van der Waals surface area contributed by atoms with Gasteiger partial charge in [-0.05, 0) is 30.1 Å². The van der Waals surface area contributed by atoms with Gasteiger partial charge in [0.2, 0.25) is 0 Å². The lowest BCUT2D eigenvalue weighted by atomic mass is 10.1. The predicted molar refractivity (Wildman–Crippen MR) is 122 cm³/mol. The molecule has 0 aliphatic carbocycles. The minimum absolute atomic E-state index is 0.429. The number of hydrogen-bond donors (Lipinski definition) is 0. The van der Waals surface area contributed by atoms with E-state index in [-0.39, 0.29) is 0 Å². The molecule has 4 heteroatoms. The van der Waals surface area contributed by atoms with E-state index in [1.54, 1.807) is 4.08 Å². The average Bonchev–Trinajstić information content (AvgIpc) is 2.48. The Morgan fingerprint density at radius 1 is 0.864 bits per heavy atom. The van der Waals surface area contributed by atoms with Gasteiger partial charge in [-0.3, -0.25) is 0 Å². The summed E-state index contributed by atoms with van der Waals surface area (Å²) in [5.74, 6) is 1.91. The molecule has 0 fully saturated rings. The minimum Gasteiger partial charge on any atom is -0.457 e. The third kappa shape index (κ3) is 6.35. The zero-order valence-electron chi connectivity index (χ0n) is 12.6. The molecular weight excluding hydrogens is 613 g/mol. The molecule has 2 rings (SSSR count). The molecule has 0 amide bonds. The zero-order chi connectivity index (χ0) is 16.5. The summed E-state index contributed by atoms with van der Waals surface area (Å²) in [5, 5.41) is 0. The largest absolute Gasteiger partial charge is 0.457 e. The molecule has 0 spiro atoms. The Morgan fingerprint density at radius 2 is 1.18 bits per heavy atom. The van der Waals surface area contributed by atoms with Gasteiger partial charge in [-0.1, -0.05) is 111 Å². The fourth-order valence-electron chi connectivity index (χ4n) is 1.92. The molecule has 0 bridgehead atoms. The molecule has 22 heavy (non-hydrogen) atoms. The monoisotopic (exact) mass is 632 g/mol. The van der Waals surface area contributed by atoms with Crippen molar-refractivity contribution < 1.29 is 4.74 Å². The number of para-hydroxylation sites is 2. The summed E-state index contributed by atoms with van der Waals surface area (Å²) in [7, 11) is 0. The Labute approximate surface area is 174 Å². The van der Waals surface area contributed by atoms with Crippen LogP contribution in [0.3, 0.4) is 0 Å². The molecule has 0 radical (unpaired) electrons. The molecule has 2 aromatic carbocycles. The first kappa shape index (κ1) is 20.2. The van der Waals surface area contributed by atoms with Crippen LogP contribution in [0.15, 0.2) is 59.2 Å². The predicted octanol–water partition coefficient (Wildman–Crippen LogP) is 8.04. The Kier molecular flexibility index (Phi) is 9.97. The van der Waals surface area contributed by atoms with Crippen LogP contribution in [0.1, 0.15) is 32.8 Å². The van der Waals surface area contributed by atoms with E-state index < -0.39 is 0 Å². The van der Waals surface area contributed by atoms with Crippen molar-refractivity contribution >= 4 is 67.8 Å². The van der Waals surface area contributed by atoms with Gasteiger partial charge in [-0.15, -0.1) is 0 Å². The van der Waals surface area contributed by atoms with Crippen molar-refractivity contribution in [2.75, 3.05) is 0 Å². The zero-order valence-corrected chi connectivity index (χ0v) is 19.1. The van der Waals surface area contributed by atoms with Crippen LogP contribution >= 0.6 is 67.8 Å². The molecule has 1 nitrogen and oxygen atoms in total. The Morgan fingerprint density at radius 3 is 1.50 bits per heavy atom. The van der Waals surface area contributed by atoms with Crippen molar-refractivity contribution in [2.24, 2.45) is 0 Å². The van der Waals surface area contributed by atoms with Crippen molar-refractivity contribution in [3.05, 3.63) is 70.3 Å². The summed E-state index contributed by atoms with van der Waals surface area (Å²) in [4.78, 5) is 0. The molecule has 118 valence electrons. The van der Waals surface area contributed by atoms with Crippen LogP contribution in [0.5, 0.6) is 11.5 Å². The Hall–Kier alpha value is 0.170. The fraction of sp³-hybridized carbons (Fsp3) is 0.222. The summed E-state index contributed by atoms with van der Waals surface area (Å²) in [6.45, 7) is 7.70. The van der Waals surface area contributed by atoms with Gasteiger partial charge in [-0.2, -0.15) is 0 Å². The van der Waals surface area contributed by atoms with E-state index in [0.717, 1.165) is 11.5 Å². The van der Waals surface area contributed by atoms with Crippen LogP contribution in [0, 0.1) is 0 Å². The first-order valence-corrected chi connectivity index (χ1v) is 10.6. The maximum absolute atomic E-state index is 6.15. The molecule has 0 heterocycles. The molecular formula is C18H19I3O. The van der Waals surface area contributed by atoms with Crippen molar-refractivity contribution in [1.82, 2.24) is 0 Å². The van der Waals surface area contributed by atoms with E-state index in [1.807, 2.05) is 24.3 Å². The van der Waals surface area contributed by atoms with Gasteiger partial charge < -0.3 is 4.74 Å². The number of ether oxygens (including phenoxy) is 1. The van der Waals surface area contributed by atoms with E-state index in [0.29, 0.717) is 7.85 Å². The fourth-order valence-corrected chi connectivity index (χ4v) is 2.95. The quantitative estimate of drug-likeness (QED) is 0.245. The summed E-state index contributed by atoms with van der Waals surface area (Å²) in [5.41, 5.74) is 2.47. The van der Waals surface area contributed by atoms with E-state index in [9.17, 15) is 0 Å². The number of benzene rings is 2. The molecule has 2 atom stereocenters. The summed E-state index contributed by atoms with van der Waals surface area (Å²) in [6, 6.07) is 16.5. The number of rotatable bonds is 4. The normalized spacial score (nSPS) is 12.6. The summed E-state index contributed by atoms with van der Waals surface area (Å²) < 4.78 is 8.73. The highest BCUT2D eigenvalue weighted by Crippen LogP contribution is 2.37. The highest BCUT2D eigenvalue weighted by Gasteiger charge is 2.12. The van der Waals surface area contributed by atoms with E-state index >= 15 is 0 Å². The van der Waals surface area contributed by atoms with E-state index in [1.165, 1.54) is 11.1 Å². The van der Waals surface area contributed by atoms with Crippen LogP contribution in [0.25, 0.3) is 0 Å². The smallest absolute Gasteiger partial charge is 0.131 e. The van der Waals surface area contributed by atoms with Gasteiger partial charge >= 0.3 is 0 Å². The molecule has 0 N–H and O–H groups in total. The minimum atomic E-state index is 0.429. The van der Waals surface area contributed by atoms with Gasteiger partial charge in [0.25, 0.3) is 0 Å². The number of alkyl halides is 2. The van der Waals surface area contributed by atoms with Gasteiger partial charge in [0.15, 0.2) is 0 Å². The van der Waals surface area contributed by atoms with E-state index in [2.05, 4.69) is 112 Å². The maximum atomic E-state index is 6.15. The molecule has 0 saturated carbocycles. The maximum Gasteiger partial charge on any atom is 0.131 e. The van der Waals surface area contributed by atoms with Gasteiger partial charge in [0.1, 0.15) is 11.5 Å². The highest BCUT2D eigenvalue weighted by atomic mass is 127. The lowest BCUT2D eigenvalue weighted by Crippen LogP contribution is -1.95. The number of halogens is 3. The molecule has 2 unspecified atom stereocenters. The summed E-state index contributed by atoms with van der Waals surface area (Å²) in [6.07, 6.45) is 0. The molecule has 0 saturated heterocycles. The van der Waals surface area contributed by atoms with E-state index in [4.69, 9.17) is 4.74 Å². The lowest BCUT2D eigenvalue weighted by Gasteiger charge is -2.16. The highest BCUT2D eigenvalue weighted by molar-refractivity contribution is 14.1. The van der Waals surface area contributed by atoms with Crippen molar-refractivity contribution in [3.8, 4) is 11.5 Å². The van der Waals surface area contributed by atoms with Crippen LogP contribution in [0.2, 0.25) is 0 Å². The second-order valence-electron chi connectivity index (χ2n) is 4.56. The van der Waals surface area contributed by atoms with Crippen LogP contribution in [-0.4, -0.2) is 0 Å². The van der Waals surface area contributed by atoms with Gasteiger partial charge in [0, 0.05) is 19.0 Å². The molecule has 0 aromatic heterocycles. The molecule has 0 aliphatic heterocycles. The van der Waals surface area contributed by atoms with Crippen molar-refractivity contribution in [2.45, 2.75) is 21.7 Å². The van der Waals surface area contributed by atoms with Crippen molar-refractivity contribution in [3.63, 3.8) is 0 Å². The first-order valence-electron chi connectivity index (χ1n) is 6.86. The van der Waals surface area contributed by atoms with Crippen molar-refractivity contribution in [1.29, 1.82) is 0 Å². The van der Waals surface area contributed by atoms with Crippen LogP contribution in [-0.2, 0) is 0 Å². The second-order valence-corrected chi connectivity index (χ2v) is 9.18. The number of hydrogen-bond acceptors (Lipinski definition) is 1. The second kappa shape index (κ2) is 10.9. The first-order chi connectivity index (χ1) is 10.5. The lowest BCUT2D eigenvalue weighted by molar-refractivity contribution is 0.471. The third-order valence-corrected chi connectivity index (χ3v) is 4.26. The Bertz CT molecular complexity index is 545. The standard InChI is InChI=1S/C16H16I2O.C2H3I/c1-11(17)13-7-3-5-9-15(13)19-16-10-6-4-8-14(16)12(2)18;1-2-3/h3-12H,1-2H3;2H,1H2. The van der Waals surface area contributed by atoms with Gasteiger partial charge in [-0.25, -0.2) is 0 Å². The summed E-state index contributed by atoms with van der Waals surface area (Å²) >= 11 is 6.89. The van der Waals surface area contributed by atoms with Crippen LogP contribution < -0.4 is 4.74 Å². The Balaban J connectivity index is 0.000000745. The van der Waals surface area contributed by atoms with Gasteiger partial charge in [0.05, 0.1) is 0 Å². The average molecular weight is 632 g/mol. The third-order valence-electron chi connectivity index (χ3n) is 2.92. The molecule has 2 aromatic rings. The topological polar surface area (TPSA) is 9.23 Å². The molecule has 0 aliphatic rings. The van der Waals surface area contributed by atoms with Crippen LogP contribution in [0.4, 0.5) is 0 Å².